The minimum Gasteiger partial charge on any atom is -0.478 e. The zero-order valence-electron chi connectivity index (χ0n) is 8.73. The largest absolute Gasteiger partial charge is 0.478 e. The molecule has 0 amide bonds. The third-order valence-electron chi connectivity index (χ3n) is 2.76. The molecule has 1 aromatic rings. The van der Waals surface area contributed by atoms with Gasteiger partial charge in [-0.15, -0.1) is 0 Å². The quantitative estimate of drug-likeness (QED) is 0.805. The van der Waals surface area contributed by atoms with Crippen molar-refractivity contribution in [1.82, 2.24) is 9.78 Å². The summed E-state index contributed by atoms with van der Waals surface area (Å²) >= 11 is 0. The molecule has 1 N–H and O–H groups in total. The van der Waals surface area contributed by atoms with E-state index in [1.165, 1.54) is 12.6 Å². The summed E-state index contributed by atoms with van der Waals surface area (Å²) < 4.78 is 1.65. The summed E-state index contributed by atoms with van der Waals surface area (Å²) in [5.74, 6) is -0.899. The normalized spacial score (nSPS) is 16.2. The molecule has 0 bridgehead atoms. The number of rotatable bonds is 2. The molecule has 0 atom stereocenters. The Morgan fingerprint density at radius 1 is 1.53 bits per heavy atom. The van der Waals surface area contributed by atoms with Crippen LogP contribution in [0.5, 0.6) is 0 Å². The topological polar surface area (TPSA) is 55.1 Å². The first-order valence-corrected chi connectivity index (χ1v) is 5.15. The SMILES string of the molecule is Cn1ncc(C(=O)O)c1C1=CCCCC1. The van der Waals surface area contributed by atoms with Gasteiger partial charge in [-0.05, 0) is 31.3 Å². The highest BCUT2D eigenvalue weighted by Crippen LogP contribution is 2.28. The van der Waals surface area contributed by atoms with Crippen LogP contribution in [0.4, 0.5) is 0 Å². The van der Waals surface area contributed by atoms with Gasteiger partial charge in [0.15, 0.2) is 0 Å². The molecule has 15 heavy (non-hydrogen) atoms. The monoisotopic (exact) mass is 206 g/mol. The molecule has 1 aromatic heterocycles. The fourth-order valence-corrected chi connectivity index (χ4v) is 2.03. The molecule has 1 aliphatic rings. The van der Waals surface area contributed by atoms with Gasteiger partial charge in [0.25, 0.3) is 0 Å². The Balaban J connectivity index is 2.45. The zero-order chi connectivity index (χ0) is 10.8. The number of aromatic carboxylic acids is 1. The fraction of sp³-hybridized carbons (Fsp3) is 0.455. The lowest BCUT2D eigenvalue weighted by Crippen LogP contribution is -2.06. The molecule has 0 saturated carbocycles. The molecule has 0 fully saturated rings. The third kappa shape index (κ3) is 1.79. The standard InChI is InChI=1S/C11H14N2O2/c1-13-10(8-5-3-2-4-6-8)9(7-12-13)11(14)15/h5,7H,2-4,6H2,1H3,(H,14,15). The van der Waals surface area contributed by atoms with Gasteiger partial charge in [-0.25, -0.2) is 4.79 Å². The highest BCUT2D eigenvalue weighted by molar-refractivity contribution is 5.93. The average Bonchev–Trinajstić information content (AvgIpc) is 2.61. The van der Waals surface area contributed by atoms with Gasteiger partial charge in [-0.3, -0.25) is 4.68 Å². The van der Waals surface area contributed by atoms with Crippen LogP contribution in [0.15, 0.2) is 12.3 Å². The van der Waals surface area contributed by atoms with Crippen LogP contribution in [0, 0.1) is 0 Å². The van der Waals surface area contributed by atoms with Gasteiger partial charge >= 0.3 is 5.97 Å². The summed E-state index contributed by atoms with van der Waals surface area (Å²) in [4.78, 5) is 11.0. The van der Waals surface area contributed by atoms with Crippen LogP contribution >= 0.6 is 0 Å². The maximum absolute atomic E-state index is 11.0. The lowest BCUT2D eigenvalue weighted by atomic mass is 9.95. The van der Waals surface area contributed by atoms with E-state index in [2.05, 4.69) is 11.2 Å². The maximum Gasteiger partial charge on any atom is 0.339 e. The van der Waals surface area contributed by atoms with Crippen LogP contribution in [0.1, 0.15) is 41.7 Å². The molecular formula is C11H14N2O2. The molecule has 0 saturated heterocycles. The predicted molar refractivity (Wildman–Crippen MR) is 56.6 cm³/mol. The summed E-state index contributed by atoms with van der Waals surface area (Å²) in [7, 11) is 1.79. The fourth-order valence-electron chi connectivity index (χ4n) is 2.03. The Morgan fingerprint density at radius 2 is 2.33 bits per heavy atom. The summed E-state index contributed by atoms with van der Waals surface area (Å²) in [6.45, 7) is 0. The maximum atomic E-state index is 11.0. The van der Waals surface area contributed by atoms with Crippen molar-refractivity contribution in [2.24, 2.45) is 7.05 Å². The molecule has 2 rings (SSSR count). The summed E-state index contributed by atoms with van der Waals surface area (Å²) in [6.07, 6.45) is 7.89. The van der Waals surface area contributed by atoms with Crippen molar-refractivity contribution in [3.8, 4) is 0 Å². The number of hydrogen-bond donors (Lipinski definition) is 1. The van der Waals surface area contributed by atoms with E-state index in [1.807, 2.05) is 0 Å². The van der Waals surface area contributed by atoms with Crippen LogP contribution in [0.2, 0.25) is 0 Å². The van der Waals surface area contributed by atoms with Crippen molar-refractivity contribution in [3.63, 3.8) is 0 Å². The summed E-state index contributed by atoms with van der Waals surface area (Å²) in [6, 6.07) is 0. The molecule has 4 nitrogen and oxygen atoms in total. The molecule has 1 heterocycles. The van der Waals surface area contributed by atoms with Crippen LogP contribution in [0.25, 0.3) is 5.57 Å². The summed E-state index contributed by atoms with van der Waals surface area (Å²) in [5.41, 5.74) is 2.20. The number of aromatic nitrogens is 2. The predicted octanol–water partition coefficient (Wildman–Crippen LogP) is 2.08. The van der Waals surface area contributed by atoms with E-state index in [9.17, 15) is 4.79 Å². The second-order valence-electron chi connectivity index (χ2n) is 3.81. The van der Waals surface area contributed by atoms with E-state index < -0.39 is 5.97 Å². The number of carboxylic acid groups (broad SMARTS) is 1. The first-order valence-electron chi connectivity index (χ1n) is 5.15. The molecule has 0 aliphatic heterocycles. The van der Waals surface area contributed by atoms with Crippen LogP contribution in [-0.4, -0.2) is 20.9 Å². The highest BCUT2D eigenvalue weighted by atomic mass is 16.4. The van der Waals surface area contributed by atoms with Crippen molar-refractivity contribution in [2.45, 2.75) is 25.7 Å². The van der Waals surface area contributed by atoms with Gasteiger partial charge < -0.3 is 5.11 Å². The second-order valence-corrected chi connectivity index (χ2v) is 3.81. The molecule has 0 radical (unpaired) electrons. The van der Waals surface area contributed by atoms with Crippen molar-refractivity contribution in [1.29, 1.82) is 0 Å². The van der Waals surface area contributed by atoms with E-state index >= 15 is 0 Å². The number of allylic oxidation sites excluding steroid dienone is 2. The van der Waals surface area contributed by atoms with E-state index in [4.69, 9.17) is 5.11 Å². The van der Waals surface area contributed by atoms with E-state index in [1.54, 1.807) is 11.7 Å². The molecule has 0 spiro atoms. The number of carboxylic acids is 1. The molecule has 0 aromatic carbocycles. The van der Waals surface area contributed by atoms with Gasteiger partial charge in [-0.1, -0.05) is 6.08 Å². The van der Waals surface area contributed by atoms with Crippen molar-refractivity contribution in [2.75, 3.05) is 0 Å². The van der Waals surface area contributed by atoms with Crippen molar-refractivity contribution < 1.29 is 9.90 Å². The van der Waals surface area contributed by atoms with Crippen LogP contribution in [0.3, 0.4) is 0 Å². The lowest BCUT2D eigenvalue weighted by molar-refractivity contribution is 0.0696. The Labute approximate surface area is 88.2 Å². The van der Waals surface area contributed by atoms with Gasteiger partial charge in [0.05, 0.1) is 11.9 Å². The molecule has 80 valence electrons. The van der Waals surface area contributed by atoms with Crippen LogP contribution < -0.4 is 0 Å². The Bertz CT molecular complexity index is 418. The lowest BCUT2D eigenvalue weighted by Gasteiger charge is -2.13. The minimum absolute atomic E-state index is 0.311. The van der Waals surface area contributed by atoms with E-state index in [-0.39, 0.29) is 0 Å². The molecule has 4 heteroatoms. The average molecular weight is 206 g/mol. The minimum atomic E-state index is -0.899. The molecule has 1 aliphatic carbocycles. The van der Waals surface area contributed by atoms with Crippen molar-refractivity contribution in [3.05, 3.63) is 23.5 Å². The Hall–Kier alpha value is -1.58. The number of carbonyl (C=O) groups is 1. The van der Waals surface area contributed by atoms with Crippen LogP contribution in [-0.2, 0) is 7.05 Å². The molecular weight excluding hydrogens is 192 g/mol. The number of aryl methyl sites for hydroxylation is 1. The van der Waals surface area contributed by atoms with E-state index in [0.717, 1.165) is 30.5 Å². The van der Waals surface area contributed by atoms with Gasteiger partial charge in [-0.2, -0.15) is 5.10 Å². The first-order chi connectivity index (χ1) is 7.20. The summed E-state index contributed by atoms with van der Waals surface area (Å²) in [5, 5.41) is 13.0. The first kappa shape index (κ1) is 9.96. The van der Waals surface area contributed by atoms with Gasteiger partial charge in [0.1, 0.15) is 5.56 Å². The van der Waals surface area contributed by atoms with E-state index in [0.29, 0.717) is 5.56 Å². The van der Waals surface area contributed by atoms with Gasteiger partial charge in [0, 0.05) is 7.05 Å². The second kappa shape index (κ2) is 3.88. The Morgan fingerprint density at radius 3 is 2.93 bits per heavy atom. The van der Waals surface area contributed by atoms with Crippen molar-refractivity contribution >= 4 is 11.5 Å². The highest BCUT2D eigenvalue weighted by Gasteiger charge is 2.19. The Kier molecular flexibility index (Phi) is 2.58. The number of nitrogens with zero attached hydrogens (tertiary/aromatic N) is 2. The molecule has 0 unspecified atom stereocenters. The number of hydrogen-bond acceptors (Lipinski definition) is 2. The zero-order valence-corrected chi connectivity index (χ0v) is 8.73. The smallest absolute Gasteiger partial charge is 0.339 e. The van der Waals surface area contributed by atoms with Gasteiger partial charge in [0.2, 0.25) is 0 Å². The third-order valence-corrected chi connectivity index (χ3v) is 2.76.